The topological polar surface area (TPSA) is 78.8 Å². The fraction of sp³-hybridized carbons (Fsp3) is 0.733. The number of carbonyl (C=O) groups is 1. The summed E-state index contributed by atoms with van der Waals surface area (Å²) in [5.41, 5.74) is 0.440. The normalized spacial score (nSPS) is 26.6. The Labute approximate surface area is 143 Å². The second-order valence-corrected chi connectivity index (χ2v) is 8.92. The van der Waals surface area contributed by atoms with Crippen LogP contribution in [0.4, 0.5) is 5.69 Å². The summed E-state index contributed by atoms with van der Waals surface area (Å²) in [6, 6.07) is 0. The summed E-state index contributed by atoms with van der Waals surface area (Å²) in [7, 11) is 0.511. The Kier molecular flexibility index (Phi) is 4.43. The summed E-state index contributed by atoms with van der Waals surface area (Å²) in [5, 5.41) is 4.14. The van der Waals surface area contributed by atoms with Crippen molar-refractivity contribution in [3.63, 3.8) is 0 Å². The SMILES string of the molecule is CCCS(=O)(=O)N1CC[C@@]2(CN(c3cnn(C)c3)C(=O)CN2C)C1. The molecule has 2 aliphatic heterocycles. The Morgan fingerprint density at radius 2 is 2.04 bits per heavy atom. The lowest BCUT2D eigenvalue weighted by Gasteiger charge is -2.46. The number of likely N-dealkylation sites (N-methyl/N-ethyl adjacent to an activating group) is 1. The molecule has 0 radical (unpaired) electrons. The van der Waals surface area contributed by atoms with Crippen molar-refractivity contribution in [1.29, 1.82) is 0 Å². The number of rotatable bonds is 4. The van der Waals surface area contributed by atoms with E-state index >= 15 is 0 Å². The van der Waals surface area contributed by atoms with Crippen LogP contribution >= 0.6 is 0 Å². The Hall–Kier alpha value is -1.45. The summed E-state index contributed by atoms with van der Waals surface area (Å²) in [6.45, 7) is 3.61. The van der Waals surface area contributed by atoms with E-state index in [4.69, 9.17) is 0 Å². The summed E-state index contributed by atoms with van der Waals surface area (Å²) in [4.78, 5) is 16.2. The van der Waals surface area contributed by atoms with Gasteiger partial charge in [-0.1, -0.05) is 6.92 Å². The van der Waals surface area contributed by atoms with Crippen LogP contribution in [0.3, 0.4) is 0 Å². The highest BCUT2D eigenvalue weighted by Gasteiger charge is 2.50. The molecule has 0 unspecified atom stereocenters. The van der Waals surface area contributed by atoms with Gasteiger partial charge in [-0.05, 0) is 19.9 Å². The van der Waals surface area contributed by atoms with Gasteiger partial charge in [-0.15, -0.1) is 0 Å². The molecule has 0 aromatic carbocycles. The number of carbonyl (C=O) groups excluding carboxylic acids is 1. The molecule has 24 heavy (non-hydrogen) atoms. The number of amides is 1. The van der Waals surface area contributed by atoms with Crippen molar-refractivity contribution in [1.82, 2.24) is 19.0 Å². The molecule has 1 aromatic rings. The zero-order valence-corrected chi connectivity index (χ0v) is 15.3. The molecule has 1 aromatic heterocycles. The fourth-order valence-corrected chi connectivity index (χ4v) is 5.21. The minimum atomic E-state index is -3.21. The van der Waals surface area contributed by atoms with Crippen molar-refractivity contribution in [3.05, 3.63) is 12.4 Å². The molecule has 0 bridgehead atoms. The van der Waals surface area contributed by atoms with E-state index in [0.717, 1.165) is 12.1 Å². The van der Waals surface area contributed by atoms with Crippen molar-refractivity contribution >= 4 is 21.6 Å². The molecule has 9 heteroatoms. The first-order chi connectivity index (χ1) is 11.3. The van der Waals surface area contributed by atoms with Crippen molar-refractivity contribution in [2.75, 3.05) is 43.9 Å². The molecule has 1 spiro atoms. The molecular weight excluding hydrogens is 330 g/mol. The van der Waals surface area contributed by atoms with Crippen molar-refractivity contribution in [2.45, 2.75) is 25.3 Å². The van der Waals surface area contributed by atoms with Crippen LogP contribution in [0.5, 0.6) is 0 Å². The lowest BCUT2D eigenvalue weighted by Crippen LogP contribution is -2.64. The minimum Gasteiger partial charge on any atom is -0.306 e. The third-order valence-corrected chi connectivity index (χ3v) is 7.11. The standard InChI is InChI=1S/C15H25N5O3S/c1-4-7-24(22,23)19-6-5-15(11-19)12-20(14(21)10-17(15)2)13-8-16-18(3)9-13/h8-9H,4-7,10-12H2,1-3H3/t15-/m0/s1. The molecule has 1 amide bonds. The number of nitrogens with zero attached hydrogens (tertiary/aromatic N) is 5. The molecule has 3 rings (SSSR count). The molecule has 2 aliphatic rings. The Morgan fingerprint density at radius 3 is 2.67 bits per heavy atom. The van der Waals surface area contributed by atoms with Crippen LogP contribution in [-0.2, 0) is 21.9 Å². The third kappa shape index (κ3) is 2.96. The maximum atomic E-state index is 12.5. The molecule has 0 N–H and O–H groups in total. The van der Waals surface area contributed by atoms with Gasteiger partial charge in [-0.25, -0.2) is 8.42 Å². The summed E-state index contributed by atoms with van der Waals surface area (Å²) < 4.78 is 28.1. The average molecular weight is 355 g/mol. The average Bonchev–Trinajstić information content (AvgIpc) is 3.11. The lowest BCUT2D eigenvalue weighted by atomic mass is 9.93. The lowest BCUT2D eigenvalue weighted by molar-refractivity contribution is -0.123. The zero-order valence-electron chi connectivity index (χ0n) is 14.5. The van der Waals surface area contributed by atoms with Crippen LogP contribution in [-0.4, -0.2) is 77.8 Å². The van der Waals surface area contributed by atoms with Gasteiger partial charge in [-0.3, -0.25) is 14.4 Å². The largest absolute Gasteiger partial charge is 0.306 e. The first kappa shape index (κ1) is 17.4. The van der Waals surface area contributed by atoms with Gasteiger partial charge in [0.2, 0.25) is 15.9 Å². The highest BCUT2D eigenvalue weighted by atomic mass is 32.2. The maximum absolute atomic E-state index is 12.5. The van der Waals surface area contributed by atoms with E-state index in [2.05, 4.69) is 5.10 Å². The predicted molar refractivity (Wildman–Crippen MR) is 91.2 cm³/mol. The molecule has 2 saturated heterocycles. The molecule has 134 valence electrons. The number of aromatic nitrogens is 2. The van der Waals surface area contributed by atoms with Crippen LogP contribution in [0.2, 0.25) is 0 Å². The third-order valence-electron chi connectivity index (χ3n) is 5.09. The van der Waals surface area contributed by atoms with Crippen molar-refractivity contribution in [2.24, 2.45) is 7.05 Å². The van der Waals surface area contributed by atoms with Gasteiger partial charge in [0.25, 0.3) is 0 Å². The molecule has 3 heterocycles. The second kappa shape index (κ2) is 6.12. The molecule has 8 nitrogen and oxygen atoms in total. The zero-order chi connectivity index (χ0) is 17.5. The van der Waals surface area contributed by atoms with E-state index in [1.807, 2.05) is 32.1 Å². The van der Waals surface area contributed by atoms with E-state index in [9.17, 15) is 13.2 Å². The highest BCUT2D eigenvalue weighted by molar-refractivity contribution is 7.89. The first-order valence-corrected chi connectivity index (χ1v) is 9.86. The quantitative estimate of drug-likeness (QED) is 0.753. The minimum absolute atomic E-state index is 0.0194. The Morgan fingerprint density at radius 1 is 1.29 bits per heavy atom. The van der Waals surface area contributed by atoms with Gasteiger partial charge in [0.1, 0.15) is 0 Å². The van der Waals surface area contributed by atoms with Gasteiger partial charge in [-0.2, -0.15) is 9.40 Å². The monoisotopic (exact) mass is 355 g/mol. The van der Waals surface area contributed by atoms with Crippen LogP contribution < -0.4 is 4.90 Å². The van der Waals surface area contributed by atoms with Gasteiger partial charge < -0.3 is 4.90 Å². The summed E-state index contributed by atoms with van der Waals surface area (Å²) >= 11 is 0. The highest BCUT2D eigenvalue weighted by Crippen LogP contribution is 2.34. The van der Waals surface area contributed by atoms with Crippen LogP contribution in [0, 0.1) is 0 Å². The van der Waals surface area contributed by atoms with E-state index < -0.39 is 10.0 Å². The van der Waals surface area contributed by atoms with E-state index in [1.54, 1.807) is 20.1 Å². The number of sulfonamides is 1. The molecule has 2 fully saturated rings. The van der Waals surface area contributed by atoms with Gasteiger partial charge >= 0.3 is 0 Å². The molecular formula is C15H25N5O3S. The predicted octanol–water partition coefficient (Wildman–Crippen LogP) is -0.117. The van der Waals surface area contributed by atoms with E-state index in [-0.39, 0.29) is 23.7 Å². The van der Waals surface area contributed by atoms with Crippen molar-refractivity contribution < 1.29 is 13.2 Å². The number of anilines is 1. The smallest absolute Gasteiger partial charge is 0.241 e. The molecule has 0 aliphatic carbocycles. The van der Waals surface area contributed by atoms with Gasteiger partial charge in [0.15, 0.2) is 0 Å². The molecule has 0 saturated carbocycles. The maximum Gasteiger partial charge on any atom is 0.241 e. The van der Waals surface area contributed by atoms with Crippen molar-refractivity contribution in [3.8, 4) is 0 Å². The number of hydrogen-bond acceptors (Lipinski definition) is 5. The van der Waals surface area contributed by atoms with E-state index in [0.29, 0.717) is 26.1 Å². The van der Waals surface area contributed by atoms with Crippen LogP contribution in [0.15, 0.2) is 12.4 Å². The van der Waals surface area contributed by atoms with Gasteiger partial charge in [0.05, 0.1) is 29.7 Å². The number of hydrogen-bond donors (Lipinski definition) is 0. The molecule has 1 atom stereocenters. The fourth-order valence-electron chi connectivity index (χ4n) is 3.63. The number of piperazine rings is 1. The first-order valence-electron chi connectivity index (χ1n) is 8.25. The number of aryl methyl sites for hydroxylation is 1. The Bertz CT molecular complexity index is 731. The van der Waals surface area contributed by atoms with Gasteiger partial charge in [0, 0.05) is 32.9 Å². The summed E-state index contributed by atoms with van der Waals surface area (Å²) in [6.07, 6.45) is 4.84. The summed E-state index contributed by atoms with van der Waals surface area (Å²) in [5.74, 6) is 0.198. The Balaban J connectivity index is 1.83. The van der Waals surface area contributed by atoms with Crippen LogP contribution in [0.25, 0.3) is 0 Å². The van der Waals surface area contributed by atoms with Crippen LogP contribution in [0.1, 0.15) is 19.8 Å². The van der Waals surface area contributed by atoms with E-state index in [1.165, 1.54) is 0 Å². The second-order valence-electron chi connectivity index (χ2n) is 6.83.